The predicted octanol–water partition coefficient (Wildman–Crippen LogP) is 1.53. The van der Waals surface area contributed by atoms with Crippen molar-refractivity contribution in [1.29, 1.82) is 0 Å². The molecular weight excluding hydrogens is 308 g/mol. The number of carbonyl (C=O) groups is 1. The smallest absolute Gasteiger partial charge is 0.241 e. The van der Waals surface area contributed by atoms with Crippen LogP contribution >= 0.6 is 11.3 Å². The Morgan fingerprint density at radius 3 is 2.67 bits per heavy atom. The van der Waals surface area contributed by atoms with Crippen molar-refractivity contribution in [1.82, 2.24) is 10.2 Å². The van der Waals surface area contributed by atoms with Crippen molar-refractivity contribution in [2.75, 3.05) is 11.5 Å². The van der Waals surface area contributed by atoms with Gasteiger partial charge in [-0.05, 0) is 30.7 Å². The van der Waals surface area contributed by atoms with Gasteiger partial charge < -0.3 is 4.90 Å². The van der Waals surface area contributed by atoms with Crippen LogP contribution in [-0.4, -0.2) is 42.8 Å². The summed E-state index contributed by atoms with van der Waals surface area (Å²) in [4.78, 5) is 15.6. The number of carbonyl (C=O) groups excluding carboxylic acids is 1. The monoisotopic (exact) mass is 328 g/mol. The molecule has 116 valence electrons. The van der Waals surface area contributed by atoms with Gasteiger partial charge in [0.05, 0.1) is 17.5 Å². The third-order valence-electron chi connectivity index (χ3n) is 4.33. The number of nitrogens with one attached hydrogen (secondary N) is 1. The Morgan fingerprint density at radius 1 is 1.38 bits per heavy atom. The maximum Gasteiger partial charge on any atom is 0.241 e. The highest BCUT2D eigenvalue weighted by atomic mass is 32.2. The molecule has 1 aromatic rings. The second kappa shape index (κ2) is 5.70. The van der Waals surface area contributed by atoms with E-state index in [2.05, 4.69) is 5.32 Å². The molecule has 1 N–H and O–H groups in total. The molecule has 5 nitrogen and oxygen atoms in total. The van der Waals surface area contributed by atoms with Gasteiger partial charge in [0.25, 0.3) is 0 Å². The van der Waals surface area contributed by atoms with Crippen LogP contribution in [-0.2, 0) is 14.6 Å². The fraction of sp³-hybridized carbons (Fsp3) is 0.643. The fourth-order valence-electron chi connectivity index (χ4n) is 3.15. The molecule has 0 radical (unpaired) electrons. The van der Waals surface area contributed by atoms with Crippen molar-refractivity contribution in [3.05, 3.63) is 22.4 Å². The van der Waals surface area contributed by atoms with Crippen LogP contribution < -0.4 is 5.32 Å². The zero-order chi connectivity index (χ0) is 15.0. The topological polar surface area (TPSA) is 66.5 Å². The van der Waals surface area contributed by atoms with E-state index in [1.54, 1.807) is 11.3 Å². The molecule has 1 aromatic heterocycles. The standard InChI is InChI=1S/C14H20N2O3S2/c1-2-11-14(17)16(10-5-8-21(18,19)9-6-10)13(15-11)12-4-3-7-20-12/h3-4,7,10-11,13,15H,2,5-6,8-9H2,1H3. The van der Waals surface area contributed by atoms with E-state index in [0.717, 1.165) is 11.3 Å². The fourth-order valence-corrected chi connectivity index (χ4v) is 5.40. The normalized spacial score (nSPS) is 30.0. The number of nitrogens with zero attached hydrogens (tertiary/aromatic N) is 1. The molecule has 0 bridgehead atoms. The summed E-state index contributed by atoms with van der Waals surface area (Å²) in [5.74, 6) is 0.491. The minimum atomic E-state index is -2.91. The summed E-state index contributed by atoms with van der Waals surface area (Å²) in [6.07, 6.45) is 1.75. The summed E-state index contributed by atoms with van der Waals surface area (Å²) in [5, 5.41) is 5.40. The summed E-state index contributed by atoms with van der Waals surface area (Å²) in [7, 11) is -2.91. The summed E-state index contributed by atoms with van der Waals surface area (Å²) in [5.41, 5.74) is 0. The number of thiophene rings is 1. The Balaban J connectivity index is 1.84. The summed E-state index contributed by atoms with van der Waals surface area (Å²) < 4.78 is 23.2. The molecule has 1 amide bonds. The van der Waals surface area contributed by atoms with E-state index >= 15 is 0 Å². The molecule has 3 rings (SSSR count). The van der Waals surface area contributed by atoms with Gasteiger partial charge >= 0.3 is 0 Å². The first-order chi connectivity index (χ1) is 10.0. The van der Waals surface area contributed by atoms with Crippen LogP contribution in [0.5, 0.6) is 0 Å². The SMILES string of the molecule is CCC1NC(c2cccs2)N(C2CCS(=O)(=O)CC2)C1=O. The molecule has 0 saturated carbocycles. The van der Waals surface area contributed by atoms with E-state index in [4.69, 9.17) is 0 Å². The van der Waals surface area contributed by atoms with Crippen LogP contribution in [0.2, 0.25) is 0 Å². The highest BCUT2D eigenvalue weighted by Crippen LogP contribution is 2.34. The molecular formula is C14H20N2O3S2. The van der Waals surface area contributed by atoms with Crippen molar-refractivity contribution >= 4 is 27.1 Å². The van der Waals surface area contributed by atoms with Crippen molar-refractivity contribution in [2.45, 2.75) is 44.4 Å². The van der Waals surface area contributed by atoms with Crippen LogP contribution in [0.1, 0.15) is 37.2 Å². The van der Waals surface area contributed by atoms with Crippen LogP contribution in [0.3, 0.4) is 0 Å². The zero-order valence-electron chi connectivity index (χ0n) is 12.0. The maximum absolute atomic E-state index is 12.6. The molecule has 3 heterocycles. The molecule has 0 aliphatic carbocycles. The third-order valence-corrected chi connectivity index (χ3v) is 6.97. The Hall–Kier alpha value is -0.920. The van der Waals surface area contributed by atoms with E-state index in [1.807, 2.05) is 29.3 Å². The molecule has 0 aromatic carbocycles. The van der Waals surface area contributed by atoms with Gasteiger partial charge in [0.2, 0.25) is 5.91 Å². The maximum atomic E-state index is 12.6. The highest BCUT2D eigenvalue weighted by Gasteiger charge is 2.44. The molecule has 21 heavy (non-hydrogen) atoms. The van der Waals surface area contributed by atoms with E-state index in [-0.39, 0.29) is 35.7 Å². The molecule has 2 unspecified atom stereocenters. The minimum absolute atomic E-state index is 0.0252. The first-order valence-electron chi connectivity index (χ1n) is 7.34. The number of hydrogen-bond donors (Lipinski definition) is 1. The lowest BCUT2D eigenvalue weighted by atomic mass is 10.1. The van der Waals surface area contributed by atoms with E-state index in [0.29, 0.717) is 12.8 Å². The molecule has 2 fully saturated rings. The Kier molecular flexibility index (Phi) is 4.07. The van der Waals surface area contributed by atoms with Crippen LogP contribution in [0, 0.1) is 0 Å². The Bertz CT molecular complexity index is 598. The van der Waals surface area contributed by atoms with Crippen LogP contribution in [0.25, 0.3) is 0 Å². The van der Waals surface area contributed by atoms with Crippen molar-refractivity contribution in [2.24, 2.45) is 0 Å². The molecule has 2 atom stereocenters. The zero-order valence-corrected chi connectivity index (χ0v) is 13.6. The van der Waals surface area contributed by atoms with Crippen molar-refractivity contribution in [3.8, 4) is 0 Å². The van der Waals surface area contributed by atoms with Crippen molar-refractivity contribution in [3.63, 3.8) is 0 Å². The summed E-state index contributed by atoms with van der Waals surface area (Å²) in [6.45, 7) is 2.00. The van der Waals surface area contributed by atoms with Crippen molar-refractivity contribution < 1.29 is 13.2 Å². The van der Waals surface area contributed by atoms with Gasteiger partial charge in [-0.25, -0.2) is 8.42 Å². The lowest BCUT2D eigenvalue weighted by molar-refractivity contribution is -0.132. The average Bonchev–Trinajstić information content (AvgIpc) is 3.07. The average molecular weight is 328 g/mol. The highest BCUT2D eigenvalue weighted by molar-refractivity contribution is 7.91. The van der Waals surface area contributed by atoms with Gasteiger partial charge in [-0.2, -0.15) is 0 Å². The Morgan fingerprint density at radius 2 is 2.10 bits per heavy atom. The summed E-state index contributed by atoms with van der Waals surface area (Å²) in [6, 6.07) is 3.88. The second-order valence-electron chi connectivity index (χ2n) is 5.67. The number of sulfone groups is 1. The lowest BCUT2D eigenvalue weighted by Crippen LogP contribution is -2.44. The quantitative estimate of drug-likeness (QED) is 0.914. The van der Waals surface area contributed by atoms with Gasteiger partial charge in [0.1, 0.15) is 16.0 Å². The molecule has 2 aliphatic rings. The molecule has 2 saturated heterocycles. The van der Waals surface area contributed by atoms with E-state index < -0.39 is 9.84 Å². The number of amides is 1. The largest absolute Gasteiger partial charge is 0.318 e. The van der Waals surface area contributed by atoms with Gasteiger partial charge in [0.15, 0.2) is 0 Å². The van der Waals surface area contributed by atoms with Gasteiger partial charge in [-0.1, -0.05) is 13.0 Å². The summed E-state index contributed by atoms with van der Waals surface area (Å²) >= 11 is 1.63. The third kappa shape index (κ3) is 2.86. The van der Waals surface area contributed by atoms with E-state index in [1.165, 1.54) is 0 Å². The van der Waals surface area contributed by atoms with Gasteiger partial charge in [0, 0.05) is 10.9 Å². The molecule has 2 aliphatic heterocycles. The molecule has 7 heteroatoms. The lowest BCUT2D eigenvalue weighted by Gasteiger charge is -2.34. The first kappa shape index (κ1) is 15.0. The van der Waals surface area contributed by atoms with Crippen LogP contribution in [0.4, 0.5) is 0 Å². The van der Waals surface area contributed by atoms with Gasteiger partial charge in [-0.3, -0.25) is 10.1 Å². The predicted molar refractivity (Wildman–Crippen MR) is 82.8 cm³/mol. The number of hydrogen-bond acceptors (Lipinski definition) is 5. The van der Waals surface area contributed by atoms with Gasteiger partial charge in [-0.15, -0.1) is 11.3 Å². The second-order valence-corrected chi connectivity index (χ2v) is 8.96. The van der Waals surface area contributed by atoms with E-state index in [9.17, 15) is 13.2 Å². The minimum Gasteiger partial charge on any atom is -0.318 e. The number of rotatable bonds is 3. The Labute approximate surface area is 129 Å². The first-order valence-corrected chi connectivity index (χ1v) is 10.0. The molecule has 0 spiro atoms. The van der Waals surface area contributed by atoms with Crippen LogP contribution in [0.15, 0.2) is 17.5 Å².